The number of thiocarbonyl (C=S) groups is 1. The van der Waals surface area contributed by atoms with E-state index in [0.29, 0.717) is 15.2 Å². The van der Waals surface area contributed by atoms with Gasteiger partial charge in [0.1, 0.15) is 5.57 Å². The Labute approximate surface area is 179 Å². The molecule has 9 heteroatoms. The number of rotatable bonds is 3. The highest BCUT2D eigenvalue weighted by Gasteiger charge is 2.35. The Bertz CT molecular complexity index is 1050. The van der Waals surface area contributed by atoms with Crippen LogP contribution in [0.15, 0.2) is 40.4 Å². The van der Waals surface area contributed by atoms with Crippen LogP contribution in [0.5, 0.6) is 11.5 Å². The van der Waals surface area contributed by atoms with Gasteiger partial charge in [0.05, 0.1) is 12.8 Å². The molecule has 0 bridgehead atoms. The lowest BCUT2D eigenvalue weighted by Gasteiger charge is -2.29. The summed E-state index contributed by atoms with van der Waals surface area (Å²) in [7, 11) is 1.40. The number of aromatic hydroxyl groups is 1. The van der Waals surface area contributed by atoms with Crippen LogP contribution in [0.3, 0.4) is 0 Å². The van der Waals surface area contributed by atoms with E-state index < -0.39 is 11.8 Å². The number of nitrogens with one attached hydrogen (secondary N) is 1. The number of hydrogen-bond donors (Lipinski definition) is 2. The molecule has 1 aliphatic heterocycles. The highest BCUT2D eigenvalue weighted by Crippen LogP contribution is 2.35. The van der Waals surface area contributed by atoms with Crippen LogP contribution in [-0.4, -0.2) is 29.1 Å². The van der Waals surface area contributed by atoms with Gasteiger partial charge in [0.15, 0.2) is 16.6 Å². The van der Waals surface area contributed by atoms with Crippen molar-refractivity contribution >= 4 is 68.4 Å². The molecule has 0 saturated carbocycles. The van der Waals surface area contributed by atoms with Gasteiger partial charge in [-0.3, -0.25) is 19.8 Å². The summed E-state index contributed by atoms with van der Waals surface area (Å²) in [5.41, 5.74) is 1.31. The van der Waals surface area contributed by atoms with E-state index in [1.807, 2.05) is 6.92 Å². The SMILES string of the molecule is COc1cc(Br)cc(/C=C2\C(=O)NC(=S)N(c3ccc(C)c(Cl)c3)C2=O)c1O. The number of anilines is 1. The number of hydrogen-bond acceptors (Lipinski definition) is 5. The zero-order chi connectivity index (χ0) is 20.6. The zero-order valence-electron chi connectivity index (χ0n) is 14.7. The van der Waals surface area contributed by atoms with Crippen LogP contribution in [0.2, 0.25) is 5.02 Å². The van der Waals surface area contributed by atoms with Crippen molar-refractivity contribution in [1.82, 2.24) is 5.32 Å². The maximum atomic E-state index is 13.0. The number of halogens is 2. The third kappa shape index (κ3) is 3.76. The van der Waals surface area contributed by atoms with Crippen LogP contribution < -0.4 is 15.0 Å². The molecular formula is C19H14BrClN2O4S. The molecule has 2 aromatic rings. The van der Waals surface area contributed by atoms with Gasteiger partial charge in [-0.15, -0.1) is 0 Å². The molecule has 2 amide bonds. The summed E-state index contributed by atoms with van der Waals surface area (Å²) >= 11 is 14.6. The average Bonchev–Trinajstić information content (AvgIpc) is 2.63. The second-order valence-corrected chi connectivity index (χ2v) is 7.65. The van der Waals surface area contributed by atoms with E-state index >= 15 is 0 Å². The predicted molar refractivity (Wildman–Crippen MR) is 115 cm³/mol. The van der Waals surface area contributed by atoms with Crippen molar-refractivity contribution < 1.29 is 19.4 Å². The first-order chi connectivity index (χ1) is 13.2. The molecule has 144 valence electrons. The van der Waals surface area contributed by atoms with E-state index in [-0.39, 0.29) is 27.7 Å². The minimum absolute atomic E-state index is 0.0527. The molecule has 2 N–H and O–H groups in total. The van der Waals surface area contributed by atoms with Crippen molar-refractivity contribution in [2.45, 2.75) is 6.92 Å². The zero-order valence-corrected chi connectivity index (χ0v) is 17.9. The van der Waals surface area contributed by atoms with Crippen molar-refractivity contribution in [2.75, 3.05) is 12.0 Å². The lowest BCUT2D eigenvalue weighted by molar-refractivity contribution is -0.122. The standard InChI is InChI=1S/C19H14BrClN2O4S/c1-9-3-4-12(8-14(9)21)23-18(26)13(17(25)22-19(23)28)6-10-5-11(20)7-15(27-2)16(10)24/h3-8,24H,1-2H3,(H,22,25,28)/b13-6+. The monoisotopic (exact) mass is 480 g/mol. The first-order valence-corrected chi connectivity index (χ1v) is 9.55. The molecule has 0 spiro atoms. The van der Waals surface area contributed by atoms with Crippen molar-refractivity contribution in [2.24, 2.45) is 0 Å². The molecule has 28 heavy (non-hydrogen) atoms. The number of methoxy groups -OCH3 is 1. The Morgan fingerprint density at radius 3 is 2.64 bits per heavy atom. The Morgan fingerprint density at radius 2 is 2.00 bits per heavy atom. The summed E-state index contributed by atoms with van der Waals surface area (Å²) < 4.78 is 5.71. The minimum Gasteiger partial charge on any atom is -0.504 e. The van der Waals surface area contributed by atoms with E-state index in [0.717, 1.165) is 5.56 Å². The molecule has 3 rings (SSSR count). The average molecular weight is 482 g/mol. The Morgan fingerprint density at radius 1 is 1.29 bits per heavy atom. The highest BCUT2D eigenvalue weighted by atomic mass is 79.9. The summed E-state index contributed by atoms with van der Waals surface area (Å²) in [5, 5.41) is 13.2. The first-order valence-electron chi connectivity index (χ1n) is 7.97. The van der Waals surface area contributed by atoms with Crippen molar-refractivity contribution in [3.05, 3.63) is 56.5 Å². The van der Waals surface area contributed by atoms with Gasteiger partial charge in [0.2, 0.25) is 0 Å². The molecule has 0 aliphatic carbocycles. The maximum absolute atomic E-state index is 13.0. The fourth-order valence-electron chi connectivity index (χ4n) is 2.63. The topological polar surface area (TPSA) is 78.9 Å². The van der Waals surface area contributed by atoms with Gasteiger partial charge in [0.25, 0.3) is 11.8 Å². The Kier molecular flexibility index (Phi) is 5.74. The van der Waals surface area contributed by atoms with E-state index in [2.05, 4.69) is 21.2 Å². The molecule has 6 nitrogen and oxygen atoms in total. The number of phenols is 1. The third-order valence-corrected chi connectivity index (χ3v) is 5.25. The molecule has 1 aliphatic rings. The number of carbonyl (C=O) groups is 2. The number of nitrogens with zero attached hydrogens (tertiary/aromatic N) is 1. The second-order valence-electron chi connectivity index (χ2n) is 5.94. The lowest BCUT2D eigenvalue weighted by atomic mass is 10.1. The van der Waals surface area contributed by atoms with E-state index in [9.17, 15) is 14.7 Å². The van der Waals surface area contributed by atoms with Gasteiger partial charge in [-0.05, 0) is 55.0 Å². The van der Waals surface area contributed by atoms with Crippen molar-refractivity contribution in [1.29, 1.82) is 0 Å². The molecule has 0 aromatic heterocycles. The number of carbonyl (C=O) groups excluding carboxylic acids is 2. The molecule has 1 fully saturated rings. The molecule has 0 atom stereocenters. The predicted octanol–water partition coefficient (Wildman–Crippen LogP) is 3.96. The summed E-state index contributed by atoms with van der Waals surface area (Å²) in [6.07, 6.45) is 1.28. The Hall–Kier alpha value is -2.42. The fraction of sp³-hybridized carbons (Fsp3) is 0.105. The van der Waals surface area contributed by atoms with E-state index in [1.54, 1.807) is 30.3 Å². The number of benzene rings is 2. The normalized spacial score (nSPS) is 15.8. The number of phenolic OH excluding ortho intramolecular Hbond substituents is 1. The molecule has 2 aromatic carbocycles. The number of amides is 2. The molecule has 0 unspecified atom stereocenters. The Balaban J connectivity index is 2.09. The van der Waals surface area contributed by atoms with Crippen LogP contribution in [0, 0.1) is 6.92 Å². The summed E-state index contributed by atoms with van der Waals surface area (Å²) in [4.78, 5) is 26.6. The summed E-state index contributed by atoms with van der Waals surface area (Å²) in [5.74, 6) is -1.30. The quantitative estimate of drug-likeness (QED) is 0.394. The summed E-state index contributed by atoms with van der Waals surface area (Å²) in [6, 6.07) is 8.15. The van der Waals surface area contributed by atoms with Gasteiger partial charge in [-0.25, -0.2) is 0 Å². The number of aryl methyl sites for hydroxylation is 1. The van der Waals surface area contributed by atoms with Crippen LogP contribution in [0.25, 0.3) is 6.08 Å². The van der Waals surface area contributed by atoms with Gasteiger partial charge in [-0.1, -0.05) is 33.6 Å². The molecular weight excluding hydrogens is 468 g/mol. The minimum atomic E-state index is -0.664. The van der Waals surface area contributed by atoms with Crippen LogP contribution in [0.4, 0.5) is 5.69 Å². The number of ether oxygens (including phenoxy) is 1. The van der Waals surface area contributed by atoms with Gasteiger partial charge < -0.3 is 9.84 Å². The molecule has 0 radical (unpaired) electrons. The highest BCUT2D eigenvalue weighted by molar-refractivity contribution is 9.10. The van der Waals surface area contributed by atoms with Gasteiger partial charge >= 0.3 is 0 Å². The first kappa shape index (κ1) is 20.3. The van der Waals surface area contributed by atoms with E-state index in [1.165, 1.54) is 18.1 Å². The summed E-state index contributed by atoms with van der Waals surface area (Å²) in [6.45, 7) is 1.83. The molecule has 1 saturated heterocycles. The van der Waals surface area contributed by atoms with Crippen molar-refractivity contribution in [3.8, 4) is 11.5 Å². The van der Waals surface area contributed by atoms with Crippen LogP contribution in [-0.2, 0) is 9.59 Å². The maximum Gasteiger partial charge on any atom is 0.270 e. The molecule has 1 heterocycles. The second kappa shape index (κ2) is 7.90. The van der Waals surface area contributed by atoms with Gasteiger partial charge in [0, 0.05) is 15.1 Å². The van der Waals surface area contributed by atoms with Gasteiger partial charge in [-0.2, -0.15) is 0 Å². The van der Waals surface area contributed by atoms with E-state index in [4.69, 9.17) is 28.6 Å². The third-order valence-electron chi connectivity index (χ3n) is 4.10. The smallest absolute Gasteiger partial charge is 0.270 e. The fourth-order valence-corrected chi connectivity index (χ4v) is 3.54. The largest absolute Gasteiger partial charge is 0.504 e. The van der Waals surface area contributed by atoms with Crippen molar-refractivity contribution in [3.63, 3.8) is 0 Å². The van der Waals surface area contributed by atoms with Crippen LogP contribution in [0.1, 0.15) is 11.1 Å². The lowest BCUT2D eigenvalue weighted by Crippen LogP contribution is -2.54. The van der Waals surface area contributed by atoms with Crippen LogP contribution >= 0.6 is 39.7 Å².